The Balaban J connectivity index is 2.84. The lowest BCUT2D eigenvalue weighted by atomic mass is 10.0. The maximum absolute atomic E-state index is 12.0. The molecule has 0 saturated carbocycles. The SMILES string of the molecule is CCCCCS(=O)(=O)c1ccc(C(=O)C(C)C)cc1. The number of carbonyl (C=O) groups is 1. The van der Waals surface area contributed by atoms with Crippen LogP contribution in [0.2, 0.25) is 0 Å². The fourth-order valence-corrected chi connectivity index (χ4v) is 3.19. The van der Waals surface area contributed by atoms with Gasteiger partial charge in [0.15, 0.2) is 15.6 Å². The molecule has 19 heavy (non-hydrogen) atoms. The van der Waals surface area contributed by atoms with Gasteiger partial charge in [-0.25, -0.2) is 8.42 Å². The molecule has 0 bridgehead atoms. The maximum Gasteiger partial charge on any atom is 0.178 e. The zero-order valence-electron chi connectivity index (χ0n) is 11.8. The molecule has 3 nitrogen and oxygen atoms in total. The summed E-state index contributed by atoms with van der Waals surface area (Å²) in [4.78, 5) is 12.1. The number of hydrogen-bond acceptors (Lipinski definition) is 3. The monoisotopic (exact) mass is 282 g/mol. The van der Waals surface area contributed by atoms with E-state index >= 15 is 0 Å². The topological polar surface area (TPSA) is 51.2 Å². The van der Waals surface area contributed by atoms with E-state index < -0.39 is 9.84 Å². The predicted octanol–water partition coefficient (Wildman–Crippen LogP) is 3.49. The van der Waals surface area contributed by atoms with E-state index in [-0.39, 0.29) is 17.5 Å². The minimum absolute atomic E-state index is 0.0370. The van der Waals surface area contributed by atoms with E-state index in [1.54, 1.807) is 12.1 Å². The van der Waals surface area contributed by atoms with Crippen LogP contribution in [0, 0.1) is 5.92 Å². The van der Waals surface area contributed by atoms with Crippen LogP contribution in [-0.2, 0) is 9.84 Å². The first-order valence-corrected chi connectivity index (χ1v) is 8.40. The second kappa shape index (κ2) is 6.85. The van der Waals surface area contributed by atoms with Crippen LogP contribution < -0.4 is 0 Å². The standard InChI is InChI=1S/C15H22O3S/c1-4-5-6-11-19(17,18)14-9-7-13(8-10-14)15(16)12(2)3/h7-10,12H,4-6,11H2,1-3H3. The van der Waals surface area contributed by atoms with Crippen molar-refractivity contribution in [2.24, 2.45) is 5.92 Å². The van der Waals surface area contributed by atoms with Gasteiger partial charge in [-0.15, -0.1) is 0 Å². The highest BCUT2D eigenvalue weighted by atomic mass is 32.2. The first-order valence-electron chi connectivity index (χ1n) is 6.75. The highest BCUT2D eigenvalue weighted by Gasteiger charge is 2.15. The van der Waals surface area contributed by atoms with Crippen LogP contribution in [0.4, 0.5) is 0 Å². The van der Waals surface area contributed by atoms with Gasteiger partial charge in [0, 0.05) is 11.5 Å². The van der Waals surface area contributed by atoms with Gasteiger partial charge < -0.3 is 0 Å². The summed E-state index contributed by atoms with van der Waals surface area (Å²) in [5.74, 6) is 0.139. The first-order chi connectivity index (χ1) is 8.88. The van der Waals surface area contributed by atoms with Crippen LogP contribution >= 0.6 is 0 Å². The molecule has 0 fully saturated rings. The van der Waals surface area contributed by atoms with Crippen molar-refractivity contribution in [1.82, 2.24) is 0 Å². The van der Waals surface area contributed by atoms with Gasteiger partial charge in [-0.05, 0) is 18.6 Å². The van der Waals surface area contributed by atoms with E-state index in [0.29, 0.717) is 16.9 Å². The third-order valence-corrected chi connectivity index (χ3v) is 4.86. The van der Waals surface area contributed by atoms with Gasteiger partial charge in [0.1, 0.15) is 0 Å². The van der Waals surface area contributed by atoms with Gasteiger partial charge in [-0.1, -0.05) is 45.7 Å². The van der Waals surface area contributed by atoms with Crippen molar-refractivity contribution in [2.45, 2.75) is 44.9 Å². The molecular weight excluding hydrogens is 260 g/mol. The zero-order valence-corrected chi connectivity index (χ0v) is 12.7. The molecule has 4 heteroatoms. The van der Waals surface area contributed by atoms with Gasteiger partial charge in [0.05, 0.1) is 10.6 Å². The fourth-order valence-electron chi connectivity index (χ4n) is 1.82. The molecule has 0 spiro atoms. The van der Waals surface area contributed by atoms with Gasteiger partial charge in [-0.3, -0.25) is 4.79 Å². The van der Waals surface area contributed by atoms with Gasteiger partial charge >= 0.3 is 0 Å². The number of sulfone groups is 1. The summed E-state index contributed by atoms with van der Waals surface area (Å²) in [6.07, 6.45) is 2.60. The highest BCUT2D eigenvalue weighted by molar-refractivity contribution is 7.91. The predicted molar refractivity (Wildman–Crippen MR) is 77.2 cm³/mol. The van der Waals surface area contributed by atoms with E-state index in [0.717, 1.165) is 12.8 Å². The largest absolute Gasteiger partial charge is 0.294 e. The Labute approximate surface area is 116 Å². The van der Waals surface area contributed by atoms with Crippen molar-refractivity contribution in [3.05, 3.63) is 29.8 Å². The molecule has 0 radical (unpaired) electrons. The summed E-state index contributed by atoms with van der Waals surface area (Å²) >= 11 is 0. The average molecular weight is 282 g/mol. The van der Waals surface area contributed by atoms with Crippen LogP contribution in [-0.4, -0.2) is 20.0 Å². The molecule has 1 aromatic rings. The number of Topliss-reactive ketones (excluding diaryl/α,β-unsaturated/α-hetero) is 1. The second-order valence-corrected chi connectivity index (χ2v) is 7.18. The number of ketones is 1. The smallest absolute Gasteiger partial charge is 0.178 e. The third kappa shape index (κ3) is 4.46. The van der Waals surface area contributed by atoms with Crippen molar-refractivity contribution in [3.63, 3.8) is 0 Å². The molecule has 0 atom stereocenters. The summed E-state index contributed by atoms with van der Waals surface area (Å²) in [6.45, 7) is 5.70. The Bertz CT molecular complexity index is 513. The molecule has 0 aliphatic rings. The van der Waals surface area contributed by atoms with Crippen molar-refractivity contribution in [3.8, 4) is 0 Å². The van der Waals surface area contributed by atoms with Crippen molar-refractivity contribution in [1.29, 1.82) is 0 Å². The summed E-state index contributed by atoms with van der Waals surface area (Å²) < 4.78 is 24.1. The summed E-state index contributed by atoms with van der Waals surface area (Å²) in [6, 6.07) is 6.29. The number of unbranched alkanes of at least 4 members (excludes halogenated alkanes) is 2. The maximum atomic E-state index is 12.0. The summed E-state index contributed by atoms with van der Waals surface area (Å²) in [5, 5.41) is 0. The van der Waals surface area contributed by atoms with Gasteiger partial charge in [-0.2, -0.15) is 0 Å². The quantitative estimate of drug-likeness (QED) is 0.568. The molecule has 0 saturated heterocycles. The lowest BCUT2D eigenvalue weighted by Gasteiger charge is -2.07. The lowest BCUT2D eigenvalue weighted by molar-refractivity contribution is 0.0939. The third-order valence-electron chi connectivity index (χ3n) is 3.04. The van der Waals surface area contributed by atoms with Crippen LogP contribution in [0.25, 0.3) is 0 Å². The molecule has 0 aromatic heterocycles. The highest BCUT2D eigenvalue weighted by Crippen LogP contribution is 2.16. The fraction of sp³-hybridized carbons (Fsp3) is 0.533. The number of benzene rings is 1. The molecule has 0 unspecified atom stereocenters. The molecule has 0 N–H and O–H groups in total. The molecule has 1 aromatic carbocycles. The molecule has 106 valence electrons. The van der Waals surface area contributed by atoms with E-state index in [1.807, 2.05) is 20.8 Å². The molecule has 0 amide bonds. The van der Waals surface area contributed by atoms with E-state index in [1.165, 1.54) is 12.1 Å². The Hall–Kier alpha value is -1.16. The number of rotatable bonds is 7. The van der Waals surface area contributed by atoms with E-state index in [2.05, 4.69) is 0 Å². The van der Waals surface area contributed by atoms with Crippen LogP contribution in [0.3, 0.4) is 0 Å². The van der Waals surface area contributed by atoms with Crippen molar-refractivity contribution >= 4 is 15.6 Å². The van der Waals surface area contributed by atoms with E-state index in [4.69, 9.17) is 0 Å². The zero-order chi connectivity index (χ0) is 14.5. The molecular formula is C15H22O3S. The number of hydrogen-bond donors (Lipinski definition) is 0. The Kier molecular flexibility index (Phi) is 5.73. The van der Waals surface area contributed by atoms with Gasteiger partial charge in [0.2, 0.25) is 0 Å². The number of carbonyl (C=O) groups excluding carboxylic acids is 1. The van der Waals surface area contributed by atoms with Crippen molar-refractivity contribution in [2.75, 3.05) is 5.75 Å². The van der Waals surface area contributed by atoms with Gasteiger partial charge in [0.25, 0.3) is 0 Å². The minimum atomic E-state index is -3.21. The molecule has 1 rings (SSSR count). The average Bonchev–Trinajstić information content (AvgIpc) is 2.38. The lowest BCUT2D eigenvalue weighted by Crippen LogP contribution is -2.09. The molecule has 0 aliphatic carbocycles. The Morgan fingerprint density at radius 3 is 2.16 bits per heavy atom. The molecule has 0 aliphatic heterocycles. The van der Waals surface area contributed by atoms with E-state index in [9.17, 15) is 13.2 Å². The molecule has 0 heterocycles. The summed E-state index contributed by atoms with van der Waals surface area (Å²) in [5.41, 5.74) is 0.572. The summed E-state index contributed by atoms with van der Waals surface area (Å²) in [7, 11) is -3.21. The first kappa shape index (κ1) is 15.9. The Morgan fingerprint density at radius 1 is 1.11 bits per heavy atom. The second-order valence-electron chi connectivity index (χ2n) is 5.07. The normalized spacial score (nSPS) is 11.8. The minimum Gasteiger partial charge on any atom is -0.294 e. The van der Waals surface area contributed by atoms with Crippen LogP contribution in [0.5, 0.6) is 0 Å². The van der Waals surface area contributed by atoms with Crippen molar-refractivity contribution < 1.29 is 13.2 Å². The van der Waals surface area contributed by atoms with Crippen LogP contribution in [0.1, 0.15) is 50.4 Å². The Morgan fingerprint density at radius 2 is 1.68 bits per heavy atom. The van der Waals surface area contributed by atoms with Crippen LogP contribution in [0.15, 0.2) is 29.2 Å².